The van der Waals surface area contributed by atoms with Gasteiger partial charge in [0.05, 0.1) is 30.9 Å². The lowest BCUT2D eigenvalue weighted by molar-refractivity contribution is -0.144. The summed E-state index contributed by atoms with van der Waals surface area (Å²) in [6.45, 7) is 3.41. The summed E-state index contributed by atoms with van der Waals surface area (Å²) < 4.78 is 13.4. The summed E-state index contributed by atoms with van der Waals surface area (Å²) in [7, 11) is 1.45. The van der Waals surface area contributed by atoms with Crippen LogP contribution in [-0.4, -0.2) is 71.7 Å². The van der Waals surface area contributed by atoms with Gasteiger partial charge in [-0.15, -0.1) is 0 Å². The van der Waals surface area contributed by atoms with E-state index in [0.717, 1.165) is 30.2 Å². The monoisotopic (exact) mass is 564 g/mol. The van der Waals surface area contributed by atoms with Gasteiger partial charge >= 0.3 is 5.97 Å². The van der Waals surface area contributed by atoms with Crippen molar-refractivity contribution in [2.45, 2.75) is 101 Å². The lowest BCUT2D eigenvalue weighted by Gasteiger charge is -2.54. The topological polar surface area (TPSA) is 95.2 Å². The Balaban J connectivity index is 1.34. The van der Waals surface area contributed by atoms with Crippen LogP contribution in [0, 0.1) is 11.8 Å². The number of oxime groups is 1. The predicted octanol–water partition coefficient (Wildman–Crippen LogP) is 4.83. The normalized spacial score (nSPS) is 31.1. The molecule has 2 aliphatic heterocycles. The molecule has 3 heterocycles. The second-order valence-electron chi connectivity index (χ2n) is 12.5. The zero-order chi connectivity index (χ0) is 28.3. The van der Waals surface area contributed by atoms with Crippen molar-refractivity contribution in [3.05, 3.63) is 40.3 Å². The largest absolute Gasteiger partial charge is 0.465 e. The Morgan fingerprint density at radius 2 is 1.76 bits per heavy atom. The average molecular weight is 565 g/mol. The standard InChI is InChI=1S/C32H44N4O5/c1-3-41-32(38)27(12-13-33-39-2)30-31(37)36(29-11-7-6-10-28(29)34-30)24-17-25-19-40-20-26(18-24)35(25)23-15-21-8-4-5-9-22(14-21)16-23/h6-7,10-11,13,21-27H,3-5,8-9,12,14-20H2,1-2H3/b33-13+. The average Bonchev–Trinajstić information content (AvgIpc) is 3.14. The van der Waals surface area contributed by atoms with Gasteiger partial charge in [-0.2, -0.15) is 0 Å². The van der Waals surface area contributed by atoms with E-state index < -0.39 is 11.9 Å². The Hall–Kier alpha value is -2.78. The quantitative estimate of drug-likeness (QED) is 0.258. The van der Waals surface area contributed by atoms with E-state index in [4.69, 9.17) is 19.3 Å². The number of aromatic nitrogens is 2. The maximum Gasteiger partial charge on any atom is 0.315 e. The molecule has 4 aliphatic rings. The molecule has 2 saturated carbocycles. The SMILES string of the molecule is CCOC(=O)C(C/C=N/OC)c1nc2ccccc2n(C2CC3COCC(C2)N3C2CC3CCCCC(C3)C2)c1=O. The number of morpholine rings is 1. The summed E-state index contributed by atoms with van der Waals surface area (Å²) >= 11 is 0. The molecule has 2 aliphatic carbocycles. The zero-order valence-electron chi connectivity index (χ0n) is 24.5. The number of hydrogen-bond acceptors (Lipinski definition) is 8. The van der Waals surface area contributed by atoms with Gasteiger partial charge in [0.25, 0.3) is 5.56 Å². The molecule has 1 aromatic carbocycles. The van der Waals surface area contributed by atoms with Crippen molar-refractivity contribution in [3.8, 4) is 0 Å². The van der Waals surface area contributed by atoms with Gasteiger partial charge in [-0.05, 0) is 63.0 Å². The van der Waals surface area contributed by atoms with E-state index in [1.165, 1.54) is 58.3 Å². The van der Waals surface area contributed by atoms with Crippen molar-refractivity contribution in [3.63, 3.8) is 0 Å². The highest BCUT2D eigenvalue weighted by Crippen LogP contribution is 2.45. The number of fused-ring (bicyclic) bond motifs is 5. The molecule has 41 heavy (non-hydrogen) atoms. The third-order valence-corrected chi connectivity index (χ3v) is 9.93. The lowest BCUT2D eigenvalue weighted by Crippen LogP contribution is -2.62. The van der Waals surface area contributed by atoms with E-state index in [9.17, 15) is 9.59 Å². The zero-order valence-corrected chi connectivity index (χ0v) is 24.5. The Labute approximate surface area is 242 Å². The van der Waals surface area contributed by atoms with Crippen molar-refractivity contribution in [2.24, 2.45) is 17.0 Å². The first kappa shape index (κ1) is 28.3. The molecule has 9 nitrogen and oxygen atoms in total. The van der Waals surface area contributed by atoms with Crippen LogP contribution in [0.1, 0.15) is 88.8 Å². The van der Waals surface area contributed by atoms with Crippen LogP contribution in [0.3, 0.4) is 0 Å². The molecule has 4 bridgehead atoms. The van der Waals surface area contributed by atoms with Gasteiger partial charge in [0.15, 0.2) is 0 Å². The molecule has 0 spiro atoms. The second-order valence-corrected chi connectivity index (χ2v) is 12.5. The van der Waals surface area contributed by atoms with Gasteiger partial charge in [0.1, 0.15) is 18.7 Å². The van der Waals surface area contributed by atoms with Crippen LogP contribution in [0.25, 0.3) is 11.0 Å². The van der Waals surface area contributed by atoms with Gasteiger partial charge in [-0.3, -0.25) is 14.5 Å². The molecule has 6 rings (SSSR count). The number of hydrogen-bond donors (Lipinski definition) is 0. The maximum absolute atomic E-state index is 14.3. The summed E-state index contributed by atoms with van der Waals surface area (Å²) in [4.78, 5) is 39.7. The third-order valence-electron chi connectivity index (χ3n) is 9.93. The third kappa shape index (κ3) is 5.80. The minimum atomic E-state index is -0.856. The highest BCUT2D eigenvalue weighted by molar-refractivity contribution is 5.82. The fourth-order valence-corrected chi connectivity index (χ4v) is 8.38. The van der Waals surface area contributed by atoms with E-state index in [-0.39, 0.29) is 42.4 Å². The number of ether oxygens (including phenoxy) is 2. The predicted molar refractivity (Wildman–Crippen MR) is 157 cm³/mol. The maximum atomic E-state index is 14.3. The van der Waals surface area contributed by atoms with Crippen molar-refractivity contribution in [1.82, 2.24) is 14.5 Å². The summed E-state index contributed by atoms with van der Waals surface area (Å²) in [5.41, 5.74) is 1.52. The second kappa shape index (κ2) is 12.6. The van der Waals surface area contributed by atoms with E-state index in [2.05, 4.69) is 10.1 Å². The first-order valence-electron chi connectivity index (χ1n) is 15.6. The van der Waals surface area contributed by atoms with Gasteiger partial charge < -0.3 is 18.9 Å². The van der Waals surface area contributed by atoms with Gasteiger partial charge in [0.2, 0.25) is 0 Å². The Morgan fingerprint density at radius 1 is 1.05 bits per heavy atom. The molecule has 2 saturated heterocycles. The molecular formula is C32H44N4O5. The number of rotatable bonds is 8. The van der Waals surface area contributed by atoms with Crippen LogP contribution in [0.5, 0.6) is 0 Å². The highest BCUT2D eigenvalue weighted by atomic mass is 16.6. The first-order valence-corrected chi connectivity index (χ1v) is 15.6. The van der Waals surface area contributed by atoms with Crippen molar-refractivity contribution >= 4 is 23.2 Å². The molecule has 2 aromatic rings. The number of nitrogens with zero attached hydrogens (tertiary/aromatic N) is 4. The number of benzene rings is 1. The molecule has 0 N–H and O–H groups in total. The molecular weight excluding hydrogens is 520 g/mol. The van der Waals surface area contributed by atoms with Crippen molar-refractivity contribution in [1.29, 1.82) is 0 Å². The summed E-state index contributed by atoms with van der Waals surface area (Å²) in [6.07, 6.45) is 12.9. The van der Waals surface area contributed by atoms with E-state index in [1.54, 1.807) is 6.92 Å². The summed E-state index contributed by atoms with van der Waals surface area (Å²) in [6, 6.07) is 8.97. The van der Waals surface area contributed by atoms with E-state index >= 15 is 0 Å². The summed E-state index contributed by atoms with van der Waals surface area (Å²) in [5.74, 6) is 0.388. The molecule has 9 heteroatoms. The minimum Gasteiger partial charge on any atom is -0.465 e. The number of carbonyl (C=O) groups is 1. The van der Waals surface area contributed by atoms with E-state index in [0.29, 0.717) is 24.8 Å². The molecule has 4 fully saturated rings. The van der Waals surface area contributed by atoms with Crippen LogP contribution in [-0.2, 0) is 19.1 Å². The number of piperidine rings is 1. The molecule has 5 atom stereocenters. The fraction of sp³-hybridized carbons (Fsp3) is 0.688. The Bertz CT molecular complexity index is 1280. The smallest absolute Gasteiger partial charge is 0.315 e. The Morgan fingerprint density at radius 3 is 2.44 bits per heavy atom. The molecule has 0 amide bonds. The van der Waals surface area contributed by atoms with Crippen LogP contribution in [0.4, 0.5) is 0 Å². The lowest BCUT2D eigenvalue weighted by atomic mass is 9.75. The van der Waals surface area contributed by atoms with Crippen LogP contribution in [0.15, 0.2) is 34.2 Å². The Kier molecular flexibility index (Phi) is 8.72. The van der Waals surface area contributed by atoms with Crippen molar-refractivity contribution in [2.75, 3.05) is 26.9 Å². The van der Waals surface area contributed by atoms with E-state index in [1.807, 2.05) is 28.8 Å². The van der Waals surface area contributed by atoms with Crippen LogP contribution in [0.2, 0.25) is 0 Å². The molecule has 222 valence electrons. The van der Waals surface area contributed by atoms with Gasteiger partial charge in [-0.1, -0.05) is 43.0 Å². The molecule has 0 radical (unpaired) electrons. The number of carbonyl (C=O) groups excluding carboxylic acids is 1. The minimum absolute atomic E-state index is 0.00524. The van der Waals surface area contributed by atoms with Crippen molar-refractivity contribution < 1.29 is 19.1 Å². The molecule has 1 aromatic heterocycles. The highest BCUT2D eigenvalue weighted by Gasteiger charge is 2.46. The molecule has 5 unspecified atom stereocenters. The van der Waals surface area contributed by atoms with Crippen LogP contribution < -0.4 is 5.56 Å². The number of esters is 1. The summed E-state index contributed by atoms with van der Waals surface area (Å²) in [5, 5.41) is 3.81. The van der Waals surface area contributed by atoms with Crippen LogP contribution >= 0.6 is 0 Å². The van der Waals surface area contributed by atoms with Gasteiger partial charge in [0, 0.05) is 36.8 Å². The number of para-hydroxylation sites is 2. The fourth-order valence-electron chi connectivity index (χ4n) is 8.38. The first-order chi connectivity index (χ1) is 20.1. The van der Waals surface area contributed by atoms with Gasteiger partial charge in [-0.25, -0.2) is 4.98 Å².